The van der Waals surface area contributed by atoms with Crippen molar-refractivity contribution in [2.45, 2.75) is 38.0 Å². The first kappa shape index (κ1) is 17.2. The molecule has 144 valence electrons. The molecule has 28 heavy (non-hydrogen) atoms. The van der Waals surface area contributed by atoms with Crippen molar-refractivity contribution in [2.75, 3.05) is 0 Å². The quantitative estimate of drug-likeness (QED) is 0.862. The molecule has 2 amide bonds. The molecule has 3 aliphatic carbocycles. The van der Waals surface area contributed by atoms with Crippen molar-refractivity contribution < 1.29 is 14.3 Å². The first-order chi connectivity index (χ1) is 13.6. The summed E-state index contributed by atoms with van der Waals surface area (Å²) in [5.41, 5.74) is 0.763. The van der Waals surface area contributed by atoms with Gasteiger partial charge in [-0.05, 0) is 49.4 Å². The number of ether oxygens (including phenoxy) is 1. The summed E-state index contributed by atoms with van der Waals surface area (Å²) in [5, 5.41) is 6.17. The lowest BCUT2D eigenvalue weighted by Crippen LogP contribution is -2.66. The maximum Gasteiger partial charge on any atom is 0.258 e. The van der Waals surface area contributed by atoms with Crippen LogP contribution in [0.2, 0.25) is 0 Å². The molecule has 3 saturated carbocycles. The molecular weight excluding hydrogens is 354 g/mol. The number of fused-ring (bicyclic) bond motifs is 3. The van der Waals surface area contributed by atoms with Gasteiger partial charge in [0.2, 0.25) is 5.91 Å². The molecule has 2 N–H and O–H groups in total. The van der Waals surface area contributed by atoms with Gasteiger partial charge in [-0.1, -0.05) is 18.2 Å². The Morgan fingerprint density at radius 1 is 1.21 bits per heavy atom. The highest BCUT2D eigenvalue weighted by Crippen LogP contribution is 2.52. The highest BCUT2D eigenvalue weighted by Gasteiger charge is 2.57. The van der Waals surface area contributed by atoms with Gasteiger partial charge in [-0.15, -0.1) is 0 Å². The minimum absolute atomic E-state index is 0.0363. The van der Waals surface area contributed by atoms with Crippen molar-refractivity contribution >= 4 is 11.8 Å². The molecular formula is C22H23N3O3. The van der Waals surface area contributed by atoms with E-state index < -0.39 is 5.72 Å². The van der Waals surface area contributed by atoms with E-state index in [2.05, 4.69) is 15.6 Å². The number of amides is 2. The fourth-order valence-electron chi connectivity index (χ4n) is 5.09. The summed E-state index contributed by atoms with van der Waals surface area (Å²) < 4.78 is 6.35. The van der Waals surface area contributed by atoms with Crippen LogP contribution in [0.25, 0.3) is 0 Å². The van der Waals surface area contributed by atoms with Crippen LogP contribution >= 0.6 is 0 Å². The molecule has 3 fully saturated rings. The largest absolute Gasteiger partial charge is 0.467 e. The first-order valence-electron chi connectivity index (χ1n) is 9.93. The number of carbonyl (C=O) groups is 2. The molecule has 0 unspecified atom stereocenters. The summed E-state index contributed by atoms with van der Waals surface area (Å²) in [5.74, 6) is 0.962. The third kappa shape index (κ3) is 2.84. The second-order valence-corrected chi connectivity index (χ2v) is 8.06. The molecule has 2 bridgehead atoms. The third-order valence-corrected chi connectivity index (χ3v) is 6.47. The predicted molar refractivity (Wildman–Crippen MR) is 102 cm³/mol. The van der Waals surface area contributed by atoms with Gasteiger partial charge < -0.3 is 15.4 Å². The Bertz CT molecular complexity index is 916. The Kier molecular flexibility index (Phi) is 4.07. The average Bonchev–Trinajstić information content (AvgIpc) is 2.73. The van der Waals surface area contributed by atoms with Crippen LogP contribution in [0.3, 0.4) is 0 Å². The van der Waals surface area contributed by atoms with E-state index in [0.29, 0.717) is 24.3 Å². The molecule has 0 saturated heterocycles. The summed E-state index contributed by atoms with van der Waals surface area (Å²) in [6, 6.07) is 13.1. The van der Waals surface area contributed by atoms with Gasteiger partial charge in [0.05, 0.1) is 17.8 Å². The minimum atomic E-state index is -0.674. The molecule has 1 aromatic carbocycles. The van der Waals surface area contributed by atoms with Crippen LogP contribution in [0.5, 0.6) is 5.75 Å². The smallest absolute Gasteiger partial charge is 0.258 e. The summed E-state index contributed by atoms with van der Waals surface area (Å²) in [6.45, 7) is 0.444. The molecule has 6 heteroatoms. The van der Waals surface area contributed by atoms with Gasteiger partial charge in [-0.3, -0.25) is 14.6 Å². The summed E-state index contributed by atoms with van der Waals surface area (Å²) in [6.07, 6.45) is 5.11. The lowest BCUT2D eigenvalue weighted by Gasteiger charge is -2.55. The maximum absolute atomic E-state index is 12.8. The zero-order valence-electron chi connectivity index (χ0n) is 15.6. The van der Waals surface area contributed by atoms with E-state index in [1.807, 2.05) is 36.4 Å². The van der Waals surface area contributed by atoms with Crippen molar-refractivity contribution in [3.63, 3.8) is 0 Å². The van der Waals surface area contributed by atoms with Crippen LogP contribution in [0.1, 0.15) is 41.7 Å². The predicted octanol–water partition coefficient (Wildman–Crippen LogP) is 2.65. The lowest BCUT2D eigenvalue weighted by atomic mass is 9.60. The fraction of sp³-hybridized carbons (Fsp3) is 0.409. The van der Waals surface area contributed by atoms with Gasteiger partial charge >= 0.3 is 0 Å². The molecule has 1 spiro atoms. The van der Waals surface area contributed by atoms with E-state index >= 15 is 0 Å². The number of pyridine rings is 1. The topological polar surface area (TPSA) is 80.3 Å². The summed E-state index contributed by atoms with van der Waals surface area (Å²) in [7, 11) is 0. The monoisotopic (exact) mass is 377 g/mol. The molecule has 1 aromatic heterocycles. The Hall–Kier alpha value is -2.89. The Balaban J connectivity index is 1.30. The van der Waals surface area contributed by atoms with Gasteiger partial charge in [0.25, 0.3) is 5.91 Å². The molecule has 4 aliphatic rings. The van der Waals surface area contributed by atoms with E-state index in [1.165, 1.54) is 0 Å². The molecule has 2 aromatic rings. The number of rotatable bonds is 3. The van der Waals surface area contributed by atoms with Crippen LogP contribution in [0.15, 0.2) is 48.7 Å². The van der Waals surface area contributed by atoms with Crippen LogP contribution in [0, 0.1) is 17.8 Å². The standard InChI is InChI=1S/C22H23N3O3/c26-20(24-13-16-5-3-4-10-23-16)18-11-15-9-8-14(18)12-22(15)25-21(27)17-6-1-2-7-19(17)28-22/h1-7,10,14-15,18H,8-9,11-13H2,(H,24,26)(H,25,27)/t14-,15-,18+,22+/m1/s1. The number of carbonyl (C=O) groups excluding carboxylic acids is 2. The van der Waals surface area contributed by atoms with Gasteiger partial charge in [0.15, 0.2) is 5.72 Å². The maximum atomic E-state index is 12.8. The molecule has 1 aliphatic heterocycles. The van der Waals surface area contributed by atoms with Crippen molar-refractivity contribution in [1.29, 1.82) is 0 Å². The number of nitrogens with one attached hydrogen (secondary N) is 2. The summed E-state index contributed by atoms with van der Waals surface area (Å²) >= 11 is 0. The van der Waals surface area contributed by atoms with Gasteiger partial charge in [-0.25, -0.2) is 0 Å². The number of para-hydroxylation sites is 1. The van der Waals surface area contributed by atoms with Gasteiger partial charge in [-0.2, -0.15) is 0 Å². The van der Waals surface area contributed by atoms with Crippen LogP contribution in [0.4, 0.5) is 0 Å². The van der Waals surface area contributed by atoms with Crippen LogP contribution in [-0.4, -0.2) is 22.5 Å². The first-order valence-corrected chi connectivity index (χ1v) is 9.93. The molecule has 0 radical (unpaired) electrons. The lowest BCUT2D eigenvalue weighted by molar-refractivity contribution is -0.146. The van der Waals surface area contributed by atoms with E-state index in [9.17, 15) is 9.59 Å². The van der Waals surface area contributed by atoms with Crippen molar-refractivity contribution in [1.82, 2.24) is 15.6 Å². The van der Waals surface area contributed by atoms with E-state index in [4.69, 9.17) is 4.74 Å². The fourth-order valence-corrected chi connectivity index (χ4v) is 5.09. The Labute approximate surface area is 163 Å². The molecule has 6 rings (SSSR count). The molecule has 4 atom stereocenters. The van der Waals surface area contributed by atoms with Crippen molar-refractivity contribution in [3.05, 3.63) is 59.9 Å². The summed E-state index contributed by atoms with van der Waals surface area (Å²) in [4.78, 5) is 29.7. The number of aromatic nitrogens is 1. The zero-order valence-corrected chi connectivity index (χ0v) is 15.6. The Morgan fingerprint density at radius 2 is 2.07 bits per heavy atom. The second-order valence-electron chi connectivity index (χ2n) is 8.06. The van der Waals surface area contributed by atoms with E-state index in [1.54, 1.807) is 12.3 Å². The number of hydrogen-bond acceptors (Lipinski definition) is 4. The highest BCUT2D eigenvalue weighted by atomic mass is 16.5. The van der Waals surface area contributed by atoms with E-state index in [0.717, 1.165) is 25.0 Å². The normalized spacial score (nSPS) is 30.3. The van der Waals surface area contributed by atoms with Gasteiger partial charge in [0.1, 0.15) is 5.75 Å². The SMILES string of the molecule is O=C1N[C@@]2(C[C@H]3CC[C@@H]2C[C@@H]3C(=O)NCc2ccccn2)Oc2ccccc21. The number of benzene rings is 1. The minimum Gasteiger partial charge on any atom is -0.467 e. The average molecular weight is 377 g/mol. The molecule has 6 nitrogen and oxygen atoms in total. The zero-order chi connectivity index (χ0) is 19.1. The van der Waals surface area contributed by atoms with Crippen molar-refractivity contribution in [2.24, 2.45) is 17.8 Å². The van der Waals surface area contributed by atoms with Crippen LogP contribution < -0.4 is 15.4 Å². The number of nitrogens with zero attached hydrogens (tertiary/aromatic N) is 1. The number of hydrogen-bond donors (Lipinski definition) is 2. The third-order valence-electron chi connectivity index (χ3n) is 6.47. The molecule has 2 heterocycles. The second kappa shape index (κ2) is 6.62. The van der Waals surface area contributed by atoms with Crippen LogP contribution in [-0.2, 0) is 11.3 Å². The Morgan fingerprint density at radius 3 is 2.86 bits per heavy atom. The highest BCUT2D eigenvalue weighted by molar-refractivity contribution is 5.98. The van der Waals surface area contributed by atoms with Crippen molar-refractivity contribution in [3.8, 4) is 5.75 Å². The van der Waals surface area contributed by atoms with E-state index in [-0.39, 0.29) is 29.6 Å². The van der Waals surface area contributed by atoms with Gasteiger partial charge in [0, 0.05) is 24.5 Å².